The van der Waals surface area contributed by atoms with Crippen molar-refractivity contribution in [3.8, 4) is 5.75 Å². The Morgan fingerprint density at radius 2 is 1.86 bits per heavy atom. The van der Waals surface area contributed by atoms with E-state index >= 15 is 0 Å². The highest BCUT2D eigenvalue weighted by Crippen LogP contribution is 2.34. The van der Waals surface area contributed by atoms with E-state index in [0.29, 0.717) is 12.1 Å². The SMILES string of the molecule is C=CCN1C[C@H](C)N([C@@H](c2ccc(C(=O)O)cc2)c2cccc(O)c2)C[C@H]1C. The van der Waals surface area contributed by atoms with Crippen molar-refractivity contribution < 1.29 is 15.0 Å². The highest BCUT2D eigenvalue weighted by molar-refractivity contribution is 5.87. The lowest BCUT2D eigenvalue weighted by atomic mass is 9.93. The minimum Gasteiger partial charge on any atom is -0.508 e. The molecule has 1 aliphatic heterocycles. The Bertz CT molecular complexity index is 834. The number of phenolic OH excluding ortho intramolecular Hbond substituents is 1. The molecule has 3 rings (SSSR count). The van der Waals surface area contributed by atoms with E-state index < -0.39 is 5.97 Å². The third-order valence-electron chi connectivity index (χ3n) is 5.52. The summed E-state index contributed by atoms with van der Waals surface area (Å²) in [5, 5.41) is 19.3. The number of hydrogen-bond acceptors (Lipinski definition) is 4. The zero-order chi connectivity index (χ0) is 20.3. The van der Waals surface area contributed by atoms with Crippen LogP contribution in [0.15, 0.2) is 61.2 Å². The number of carboxylic acids is 1. The normalized spacial score (nSPS) is 21.9. The van der Waals surface area contributed by atoms with Crippen LogP contribution in [0.1, 0.15) is 41.4 Å². The van der Waals surface area contributed by atoms with Crippen molar-refractivity contribution in [1.29, 1.82) is 0 Å². The van der Waals surface area contributed by atoms with Crippen molar-refractivity contribution >= 4 is 5.97 Å². The quantitative estimate of drug-likeness (QED) is 0.747. The van der Waals surface area contributed by atoms with E-state index in [9.17, 15) is 15.0 Å². The molecule has 2 aromatic rings. The number of hydrogen-bond donors (Lipinski definition) is 2. The van der Waals surface area contributed by atoms with Gasteiger partial charge in [0, 0.05) is 31.7 Å². The summed E-state index contributed by atoms with van der Waals surface area (Å²) < 4.78 is 0. The van der Waals surface area contributed by atoms with E-state index in [2.05, 4.69) is 30.2 Å². The average Bonchev–Trinajstić information content (AvgIpc) is 2.66. The van der Waals surface area contributed by atoms with Gasteiger partial charge in [0.15, 0.2) is 0 Å². The third-order valence-corrected chi connectivity index (χ3v) is 5.52. The molecule has 0 amide bonds. The Hall–Kier alpha value is -2.63. The molecule has 0 radical (unpaired) electrons. The molecule has 0 spiro atoms. The monoisotopic (exact) mass is 380 g/mol. The fourth-order valence-corrected chi connectivity index (χ4v) is 4.08. The Labute approximate surface area is 166 Å². The smallest absolute Gasteiger partial charge is 0.335 e. The lowest BCUT2D eigenvalue weighted by Gasteiger charge is -2.47. The number of carbonyl (C=O) groups is 1. The lowest BCUT2D eigenvalue weighted by molar-refractivity contribution is 0.0306. The molecule has 0 aliphatic carbocycles. The van der Waals surface area contributed by atoms with Crippen LogP contribution in [0.25, 0.3) is 0 Å². The van der Waals surface area contributed by atoms with Crippen LogP contribution in [0.4, 0.5) is 0 Å². The van der Waals surface area contributed by atoms with E-state index in [1.807, 2.05) is 30.3 Å². The molecule has 0 saturated carbocycles. The molecule has 3 atom stereocenters. The van der Waals surface area contributed by atoms with Crippen molar-refractivity contribution in [1.82, 2.24) is 9.80 Å². The minimum absolute atomic E-state index is 0.0572. The third kappa shape index (κ3) is 4.26. The molecular formula is C23H28N2O3. The van der Waals surface area contributed by atoms with Gasteiger partial charge in [-0.3, -0.25) is 9.80 Å². The first-order valence-electron chi connectivity index (χ1n) is 9.63. The van der Waals surface area contributed by atoms with Gasteiger partial charge in [-0.15, -0.1) is 6.58 Å². The van der Waals surface area contributed by atoms with Crippen molar-refractivity contribution in [2.24, 2.45) is 0 Å². The second-order valence-corrected chi connectivity index (χ2v) is 7.56. The van der Waals surface area contributed by atoms with E-state index in [4.69, 9.17) is 0 Å². The Morgan fingerprint density at radius 3 is 2.46 bits per heavy atom. The number of phenols is 1. The van der Waals surface area contributed by atoms with E-state index in [1.165, 1.54) is 0 Å². The van der Waals surface area contributed by atoms with Gasteiger partial charge in [0.1, 0.15) is 5.75 Å². The second-order valence-electron chi connectivity index (χ2n) is 7.56. The molecule has 1 aliphatic rings. The van der Waals surface area contributed by atoms with Gasteiger partial charge in [0.25, 0.3) is 0 Å². The van der Waals surface area contributed by atoms with E-state index in [-0.39, 0.29) is 17.4 Å². The molecule has 28 heavy (non-hydrogen) atoms. The summed E-state index contributed by atoms with van der Waals surface area (Å²) in [4.78, 5) is 16.1. The van der Waals surface area contributed by atoms with Crippen molar-refractivity contribution in [2.45, 2.75) is 32.0 Å². The molecule has 0 bridgehead atoms. The van der Waals surface area contributed by atoms with Gasteiger partial charge in [-0.25, -0.2) is 4.79 Å². The highest BCUT2D eigenvalue weighted by Gasteiger charge is 2.34. The van der Waals surface area contributed by atoms with Crippen LogP contribution >= 0.6 is 0 Å². The predicted molar refractivity (Wildman–Crippen MR) is 111 cm³/mol. The van der Waals surface area contributed by atoms with Crippen LogP contribution in [-0.4, -0.2) is 57.7 Å². The lowest BCUT2D eigenvalue weighted by Crippen LogP contribution is -2.57. The van der Waals surface area contributed by atoms with Gasteiger partial charge < -0.3 is 10.2 Å². The number of carboxylic acid groups (broad SMARTS) is 1. The van der Waals surface area contributed by atoms with E-state index in [1.54, 1.807) is 24.3 Å². The van der Waals surface area contributed by atoms with Gasteiger partial charge in [-0.2, -0.15) is 0 Å². The van der Waals surface area contributed by atoms with Crippen LogP contribution in [-0.2, 0) is 0 Å². The summed E-state index contributed by atoms with van der Waals surface area (Å²) in [7, 11) is 0. The number of nitrogens with zero attached hydrogens (tertiary/aromatic N) is 2. The molecule has 2 N–H and O–H groups in total. The number of aromatic hydroxyl groups is 1. The van der Waals surface area contributed by atoms with E-state index in [0.717, 1.165) is 30.8 Å². The summed E-state index contributed by atoms with van der Waals surface area (Å²) >= 11 is 0. The minimum atomic E-state index is -0.930. The zero-order valence-electron chi connectivity index (χ0n) is 16.5. The number of aromatic carboxylic acids is 1. The molecule has 5 heteroatoms. The molecule has 2 aromatic carbocycles. The first-order valence-corrected chi connectivity index (χ1v) is 9.63. The Balaban J connectivity index is 1.99. The van der Waals surface area contributed by atoms with Crippen molar-refractivity contribution in [2.75, 3.05) is 19.6 Å². The molecule has 1 fully saturated rings. The van der Waals surface area contributed by atoms with Crippen LogP contribution in [0.2, 0.25) is 0 Å². The zero-order valence-corrected chi connectivity index (χ0v) is 16.5. The van der Waals surface area contributed by atoms with Gasteiger partial charge in [0.2, 0.25) is 0 Å². The summed E-state index contributed by atoms with van der Waals surface area (Å²) in [6, 6.07) is 15.0. The van der Waals surface area contributed by atoms with Gasteiger partial charge in [0.05, 0.1) is 11.6 Å². The van der Waals surface area contributed by atoms with Crippen LogP contribution in [0, 0.1) is 0 Å². The topological polar surface area (TPSA) is 64.0 Å². The summed E-state index contributed by atoms with van der Waals surface area (Å²) in [6.45, 7) is 11.0. The molecule has 1 saturated heterocycles. The molecule has 148 valence electrons. The Morgan fingerprint density at radius 1 is 1.14 bits per heavy atom. The predicted octanol–water partition coefficient (Wildman–Crippen LogP) is 3.76. The molecule has 0 unspecified atom stereocenters. The first kappa shape index (κ1) is 20.1. The summed E-state index contributed by atoms with van der Waals surface area (Å²) in [6.07, 6.45) is 1.94. The van der Waals surface area contributed by atoms with Crippen LogP contribution in [0.3, 0.4) is 0 Å². The van der Waals surface area contributed by atoms with Gasteiger partial charge >= 0.3 is 5.97 Å². The van der Waals surface area contributed by atoms with Gasteiger partial charge in [-0.1, -0.05) is 30.3 Å². The Kier molecular flexibility index (Phi) is 6.17. The van der Waals surface area contributed by atoms with Crippen LogP contribution < -0.4 is 0 Å². The fourth-order valence-electron chi connectivity index (χ4n) is 4.08. The maximum Gasteiger partial charge on any atom is 0.335 e. The summed E-state index contributed by atoms with van der Waals surface area (Å²) in [5.74, 6) is -0.698. The number of piperazine rings is 1. The largest absolute Gasteiger partial charge is 0.508 e. The number of rotatable bonds is 6. The maximum atomic E-state index is 11.2. The molecular weight excluding hydrogens is 352 g/mol. The maximum absolute atomic E-state index is 11.2. The average molecular weight is 380 g/mol. The van der Waals surface area contributed by atoms with Gasteiger partial charge in [-0.05, 0) is 49.2 Å². The first-order chi connectivity index (χ1) is 13.4. The van der Waals surface area contributed by atoms with Crippen molar-refractivity contribution in [3.05, 3.63) is 77.9 Å². The molecule has 1 heterocycles. The fraction of sp³-hybridized carbons (Fsp3) is 0.348. The summed E-state index contributed by atoms with van der Waals surface area (Å²) in [5.41, 5.74) is 2.29. The second kappa shape index (κ2) is 8.59. The molecule has 0 aromatic heterocycles. The van der Waals surface area contributed by atoms with Crippen molar-refractivity contribution in [3.63, 3.8) is 0 Å². The molecule has 5 nitrogen and oxygen atoms in total. The standard InChI is InChI=1S/C23H28N2O3/c1-4-12-24-14-17(3)25(15-16(24)2)22(20-6-5-7-21(26)13-20)18-8-10-19(11-9-18)23(27)28/h4-11,13,16-17,22,26H,1,12,14-15H2,2-3H3,(H,27,28)/t16-,17+,22+/m1/s1. The highest BCUT2D eigenvalue weighted by atomic mass is 16.4. The number of benzene rings is 2. The van der Waals surface area contributed by atoms with Crippen LogP contribution in [0.5, 0.6) is 5.75 Å².